The van der Waals surface area contributed by atoms with Crippen molar-refractivity contribution in [3.05, 3.63) is 59.2 Å². The van der Waals surface area contributed by atoms with E-state index in [0.29, 0.717) is 24.3 Å². The maximum Gasteiger partial charge on any atom is 0.253 e. The van der Waals surface area contributed by atoms with E-state index in [1.54, 1.807) is 31.3 Å². The van der Waals surface area contributed by atoms with E-state index < -0.39 is 5.41 Å². The third kappa shape index (κ3) is 7.07. The maximum atomic E-state index is 12.7. The van der Waals surface area contributed by atoms with Gasteiger partial charge in [-0.2, -0.15) is 0 Å². The van der Waals surface area contributed by atoms with Crippen LogP contribution in [0.15, 0.2) is 42.5 Å². The second kappa shape index (κ2) is 10.9. The molecular formula is C24H31N3O3S. The molecule has 166 valence electrons. The van der Waals surface area contributed by atoms with Crippen LogP contribution in [0.5, 0.6) is 5.75 Å². The summed E-state index contributed by atoms with van der Waals surface area (Å²) in [4.78, 5) is 24.7. The molecule has 0 atom stereocenters. The third-order valence-corrected chi connectivity index (χ3v) is 5.24. The largest absolute Gasteiger partial charge is 0.493 e. The number of aryl methyl sites for hydroxylation is 2. The van der Waals surface area contributed by atoms with Crippen molar-refractivity contribution in [3.8, 4) is 5.75 Å². The van der Waals surface area contributed by atoms with Gasteiger partial charge in [0.2, 0.25) is 5.91 Å². The Morgan fingerprint density at radius 1 is 1.10 bits per heavy atom. The van der Waals surface area contributed by atoms with Crippen LogP contribution < -0.4 is 20.7 Å². The van der Waals surface area contributed by atoms with Crippen LogP contribution in [-0.4, -0.2) is 30.6 Å². The molecule has 7 heteroatoms. The molecule has 31 heavy (non-hydrogen) atoms. The first-order valence-corrected chi connectivity index (χ1v) is 10.7. The summed E-state index contributed by atoms with van der Waals surface area (Å²) in [6.07, 6.45) is 1.37. The lowest BCUT2D eigenvalue weighted by Gasteiger charge is -2.24. The quantitative estimate of drug-likeness (QED) is 0.419. The molecule has 6 nitrogen and oxygen atoms in total. The molecule has 0 aliphatic rings. The number of amides is 2. The second-order valence-electron chi connectivity index (χ2n) is 8.14. The Kier molecular flexibility index (Phi) is 8.56. The molecule has 0 unspecified atom stereocenters. The maximum absolute atomic E-state index is 12.7. The van der Waals surface area contributed by atoms with Gasteiger partial charge in [-0.3, -0.25) is 9.59 Å². The highest BCUT2D eigenvalue weighted by Gasteiger charge is 2.28. The topological polar surface area (TPSA) is 79.5 Å². The molecule has 0 aliphatic carbocycles. The van der Waals surface area contributed by atoms with Gasteiger partial charge in [0.1, 0.15) is 5.75 Å². The zero-order valence-electron chi connectivity index (χ0n) is 18.8. The van der Waals surface area contributed by atoms with Gasteiger partial charge in [0, 0.05) is 12.5 Å². The first kappa shape index (κ1) is 24.3. The summed E-state index contributed by atoms with van der Waals surface area (Å²) in [6, 6.07) is 13.1. The number of rotatable bonds is 8. The molecule has 0 saturated heterocycles. The molecular weight excluding hydrogens is 410 g/mol. The summed E-state index contributed by atoms with van der Waals surface area (Å²) in [5.41, 5.74) is 2.60. The molecule has 0 heterocycles. The molecule has 0 bridgehead atoms. The van der Waals surface area contributed by atoms with E-state index in [9.17, 15) is 9.59 Å². The van der Waals surface area contributed by atoms with Crippen molar-refractivity contribution in [3.63, 3.8) is 0 Å². The number of nitrogens with one attached hydrogen (secondary N) is 3. The van der Waals surface area contributed by atoms with E-state index in [0.717, 1.165) is 23.3 Å². The van der Waals surface area contributed by atoms with Gasteiger partial charge in [-0.15, -0.1) is 0 Å². The van der Waals surface area contributed by atoms with E-state index in [2.05, 4.69) is 22.0 Å². The van der Waals surface area contributed by atoms with Crippen LogP contribution in [-0.2, 0) is 4.79 Å². The van der Waals surface area contributed by atoms with E-state index in [1.165, 1.54) is 0 Å². The summed E-state index contributed by atoms with van der Waals surface area (Å²) in [5, 5.41) is 8.42. The summed E-state index contributed by atoms with van der Waals surface area (Å²) < 4.78 is 5.89. The molecule has 0 aliphatic heterocycles. The molecule has 0 radical (unpaired) electrons. The number of carbonyl (C=O) groups is 2. The molecule has 2 aromatic carbocycles. The summed E-state index contributed by atoms with van der Waals surface area (Å²) in [6.45, 7) is 8.33. The van der Waals surface area contributed by atoms with Crippen LogP contribution in [0, 0.1) is 19.3 Å². The predicted octanol–water partition coefficient (Wildman–Crippen LogP) is 4.36. The van der Waals surface area contributed by atoms with Crippen LogP contribution in [0.4, 0.5) is 5.69 Å². The van der Waals surface area contributed by atoms with Crippen molar-refractivity contribution < 1.29 is 14.3 Å². The van der Waals surface area contributed by atoms with Gasteiger partial charge in [-0.25, -0.2) is 0 Å². The van der Waals surface area contributed by atoms with E-state index >= 15 is 0 Å². The summed E-state index contributed by atoms with van der Waals surface area (Å²) in [5.74, 6) is 0.456. The Balaban J connectivity index is 1.87. The third-order valence-electron chi connectivity index (χ3n) is 5.04. The van der Waals surface area contributed by atoms with E-state index in [1.807, 2.05) is 39.8 Å². The fourth-order valence-corrected chi connectivity index (χ4v) is 3.23. The van der Waals surface area contributed by atoms with Crippen molar-refractivity contribution >= 4 is 34.8 Å². The Hall–Kier alpha value is -2.93. The van der Waals surface area contributed by atoms with E-state index in [4.69, 9.17) is 17.0 Å². The Labute approximate surface area is 189 Å². The Morgan fingerprint density at radius 2 is 1.81 bits per heavy atom. The van der Waals surface area contributed by atoms with Crippen molar-refractivity contribution in [1.82, 2.24) is 10.6 Å². The lowest BCUT2D eigenvalue weighted by Crippen LogP contribution is -2.42. The van der Waals surface area contributed by atoms with Gasteiger partial charge in [-0.05, 0) is 68.2 Å². The van der Waals surface area contributed by atoms with E-state index in [-0.39, 0.29) is 16.9 Å². The number of ether oxygens (including phenoxy) is 1. The molecule has 0 fully saturated rings. The minimum absolute atomic E-state index is 0.154. The number of hydrogen-bond acceptors (Lipinski definition) is 4. The van der Waals surface area contributed by atoms with Crippen LogP contribution in [0.1, 0.15) is 48.2 Å². The average molecular weight is 442 g/mol. The Morgan fingerprint density at radius 3 is 2.52 bits per heavy atom. The number of thiocarbonyl (C=S) groups is 1. The van der Waals surface area contributed by atoms with Crippen molar-refractivity contribution in [2.75, 3.05) is 19.0 Å². The molecule has 0 saturated carbocycles. The SMILES string of the molecule is CNC(=O)c1ccccc1NC(=S)NC(=O)C(C)(C)CCCOc1cc(C)ccc1C. The molecule has 3 N–H and O–H groups in total. The van der Waals surface area contributed by atoms with Crippen molar-refractivity contribution in [2.24, 2.45) is 5.41 Å². The van der Waals surface area contributed by atoms with Gasteiger partial charge in [0.25, 0.3) is 5.91 Å². The number of carbonyl (C=O) groups excluding carboxylic acids is 2. The Bertz CT molecular complexity index is 957. The summed E-state index contributed by atoms with van der Waals surface area (Å²) in [7, 11) is 1.56. The normalized spacial score (nSPS) is 10.9. The molecule has 2 amide bonds. The minimum Gasteiger partial charge on any atom is -0.493 e. The lowest BCUT2D eigenvalue weighted by molar-refractivity contribution is -0.128. The summed E-state index contributed by atoms with van der Waals surface area (Å²) >= 11 is 5.29. The first-order chi connectivity index (χ1) is 14.6. The fraction of sp³-hybridized carbons (Fsp3) is 0.375. The standard InChI is InChI=1S/C24H31N3O3S/c1-16-11-12-17(2)20(15-16)30-14-8-13-24(3,4)22(29)27-23(31)26-19-10-7-6-9-18(19)21(28)25-5/h6-7,9-12,15H,8,13-14H2,1-5H3,(H,25,28)(H2,26,27,29,31). The second-order valence-corrected chi connectivity index (χ2v) is 8.55. The van der Waals surface area contributed by atoms with Crippen LogP contribution in [0.3, 0.4) is 0 Å². The zero-order valence-corrected chi connectivity index (χ0v) is 19.6. The molecule has 0 aromatic heterocycles. The zero-order chi connectivity index (χ0) is 23.0. The number of anilines is 1. The van der Waals surface area contributed by atoms with Gasteiger partial charge < -0.3 is 20.7 Å². The van der Waals surface area contributed by atoms with Gasteiger partial charge in [-0.1, -0.05) is 38.1 Å². The highest BCUT2D eigenvalue weighted by atomic mass is 32.1. The van der Waals surface area contributed by atoms with Gasteiger partial charge in [0.05, 0.1) is 17.9 Å². The lowest BCUT2D eigenvalue weighted by atomic mass is 9.87. The molecule has 2 aromatic rings. The highest BCUT2D eigenvalue weighted by Crippen LogP contribution is 2.24. The van der Waals surface area contributed by atoms with Gasteiger partial charge >= 0.3 is 0 Å². The fourth-order valence-electron chi connectivity index (χ4n) is 3.02. The van der Waals surface area contributed by atoms with Gasteiger partial charge in [0.15, 0.2) is 5.11 Å². The average Bonchev–Trinajstić information content (AvgIpc) is 2.73. The number of para-hydroxylation sites is 1. The molecule has 2 rings (SSSR count). The number of hydrogen-bond donors (Lipinski definition) is 3. The smallest absolute Gasteiger partial charge is 0.253 e. The molecule has 0 spiro atoms. The highest BCUT2D eigenvalue weighted by molar-refractivity contribution is 7.80. The van der Waals surface area contributed by atoms with Crippen molar-refractivity contribution in [2.45, 2.75) is 40.5 Å². The predicted molar refractivity (Wildman–Crippen MR) is 129 cm³/mol. The first-order valence-electron chi connectivity index (χ1n) is 10.3. The van der Waals surface area contributed by atoms with Crippen LogP contribution in [0.25, 0.3) is 0 Å². The monoisotopic (exact) mass is 441 g/mol. The minimum atomic E-state index is -0.628. The van der Waals surface area contributed by atoms with Crippen LogP contribution >= 0.6 is 12.2 Å². The van der Waals surface area contributed by atoms with Crippen molar-refractivity contribution in [1.29, 1.82) is 0 Å². The number of benzene rings is 2. The van der Waals surface area contributed by atoms with Crippen LogP contribution in [0.2, 0.25) is 0 Å².